The number of anilines is 2. The minimum absolute atomic E-state index is 0.0764. The molecule has 0 spiro atoms. The number of nitrogens with zero attached hydrogens (tertiary/aromatic N) is 4. The summed E-state index contributed by atoms with van der Waals surface area (Å²) in [6.07, 6.45) is 3.79. The van der Waals surface area contributed by atoms with Gasteiger partial charge in [-0.25, -0.2) is 9.97 Å². The SMILES string of the molecule is NC(=O)c1cc([N+](=O)[O-])cnc1N1CCC(CNc2ccccn2)C1. The summed E-state index contributed by atoms with van der Waals surface area (Å²) >= 11 is 0. The zero-order chi connectivity index (χ0) is 17.8. The first-order chi connectivity index (χ1) is 12.0. The fraction of sp³-hybridized carbons (Fsp3) is 0.312. The molecular weight excluding hydrogens is 324 g/mol. The van der Waals surface area contributed by atoms with E-state index >= 15 is 0 Å². The van der Waals surface area contributed by atoms with Gasteiger partial charge in [-0.05, 0) is 24.5 Å². The molecule has 3 heterocycles. The Labute approximate surface area is 144 Å². The first-order valence-corrected chi connectivity index (χ1v) is 7.88. The topological polar surface area (TPSA) is 127 Å². The van der Waals surface area contributed by atoms with Crippen LogP contribution in [0.1, 0.15) is 16.8 Å². The van der Waals surface area contributed by atoms with Crippen molar-refractivity contribution in [1.29, 1.82) is 0 Å². The average Bonchev–Trinajstić information content (AvgIpc) is 3.09. The second-order valence-electron chi connectivity index (χ2n) is 5.88. The molecule has 1 aliphatic rings. The molecular formula is C16H18N6O3. The van der Waals surface area contributed by atoms with Crippen LogP contribution in [0, 0.1) is 16.0 Å². The van der Waals surface area contributed by atoms with Gasteiger partial charge in [0.15, 0.2) is 0 Å². The maximum absolute atomic E-state index is 11.7. The van der Waals surface area contributed by atoms with E-state index in [-0.39, 0.29) is 11.3 Å². The molecule has 3 N–H and O–H groups in total. The van der Waals surface area contributed by atoms with E-state index in [4.69, 9.17) is 5.73 Å². The lowest BCUT2D eigenvalue weighted by Gasteiger charge is -2.19. The van der Waals surface area contributed by atoms with Crippen molar-refractivity contribution in [3.8, 4) is 0 Å². The maximum Gasteiger partial charge on any atom is 0.288 e. The summed E-state index contributed by atoms with van der Waals surface area (Å²) in [5.74, 6) is 0.839. The number of carbonyl (C=O) groups excluding carboxylic acids is 1. The molecule has 25 heavy (non-hydrogen) atoms. The van der Waals surface area contributed by atoms with Gasteiger partial charge in [0, 0.05) is 31.9 Å². The van der Waals surface area contributed by atoms with Crippen LogP contribution in [-0.2, 0) is 0 Å². The molecule has 1 saturated heterocycles. The zero-order valence-electron chi connectivity index (χ0n) is 13.5. The summed E-state index contributed by atoms with van der Waals surface area (Å²) in [6.45, 7) is 2.14. The van der Waals surface area contributed by atoms with E-state index in [1.165, 1.54) is 6.07 Å². The van der Waals surface area contributed by atoms with Crippen LogP contribution in [-0.4, -0.2) is 40.4 Å². The van der Waals surface area contributed by atoms with Gasteiger partial charge in [-0.1, -0.05) is 6.07 Å². The standard InChI is InChI=1S/C16H18N6O3/c17-15(23)13-7-12(22(24)25)9-20-16(13)21-6-4-11(10-21)8-19-14-3-1-2-5-18-14/h1-3,5,7,9,11H,4,6,8,10H2,(H2,17,23)(H,18,19). The Balaban J connectivity index is 1.69. The number of hydrogen-bond donors (Lipinski definition) is 2. The molecule has 0 aliphatic carbocycles. The average molecular weight is 342 g/mol. The summed E-state index contributed by atoms with van der Waals surface area (Å²) in [6, 6.07) is 6.85. The lowest BCUT2D eigenvalue weighted by molar-refractivity contribution is -0.385. The van der Waals surface area contributed by atoms with Gasteiger partial charge in [0.25, 0.3) is 11.6 Å². The van der Waals surface area contributed by atoms with Crippen molar-refractivity contribution in [3.05, 3.63) is 52.3 Å². The lowest BCUT2D eigenvalue weighted by Crippen LogP contribution is -2.26. The molecule has 9 heteroatoms. The van der Waals surface area contributed by atoms with Crippen molar-refractivity contribution in [2.75, 3.05) is 29.9 Å². The maximum atomic E-state index is 11.7. The molecule has 0 radical (unpaired) electrons. The smallest absolute Gasteiger partial charge is 0.288 e. The number of pyridine rings is 2. The Hall–Kier alpha value is -3.23. The van der Waals surface area contributed by atoms with E-state index in [2.05, 4.69) is 15.3 Å². The Bertz CT molecular complexity index is 783. The summed E-state index contributed by atoms with van der Waals surface area (Å²) in [7, 11) is 0. The molecule has 1 amide bonds. The zero-order valence-corrected chi connectivity index (χ0v) is 13.5. The van der Waals surface area contributed by atoms with Crippen LogP contribution in [0.4, 0.5) is 17.3 Å². The minimum Gasteiger partial charge on any atom is -0.370 e. The minimum atomic E-state index is -0.721. The molecule has 130 valence electrons. The molecule has 1 unspecified atom stereocenters. The number of nitrogens with two attached hydrogens (primary N) is 1. The van der Waals surface area contributed by atoms with Crippen molar-refractivity contribution in [3.63, 3.8) is 0 Å². The number of primary amides is 1. The first-order valence-electron chi connectivity index (χ1n) is 7.88. The normalized spacial score (nSPS) is 16.6. The number of rotatable bonds is 6. The van der Waals surface area contributed by atoms with Crippen LogP contribution >= 0.6 is 0 Å². The predicted octanol–water partition coefficient (Wildman–Crippen LogP) is 1.42. The van der Waals surface area contributed by atoms with E-state index in [1.807, 2.05) is 23.1 Å². The van der Waals surface area contributed by atoms with Crippen LogP contribution in [0.25, 0.3) is 0 Å². The van der Waals surface area contributed by atoms with Crippen molar-refractivity contribution in [1.82, 2.24) is 9.97 Å². The quantitative estimate of drug-likeness (QED) is 0.600. The van der Waals surface area contributed by atoms with Crippen molar-refractivity contribution >= 4 is 23.2 Å². The summed E-state index contributed by atoms with van der Waals surface area (Å²) < 4.78 is 0. The van der Waals surface area contributed by atoms with Gasteiger partial charge in [-0.2, -0.15) is 0 Å². The second kappa shape index (κ2) is 7.12. The van der Waals surface area contributed by atoms with Crippen molar-refractivity contribution in [2.45, 2.75) is 6.42 Å². The summed E-state index contributed by atoms with van der Waals surface area (Å²) in [5.41, 5.74) is 5.20. The van der Waals surface area contributed by atoms with Gasteiger partial charge < -0.3 is 16.0 Å². The highest BCUT2D eigenvalue weighted by molar-refractivity contribution is 5.98. The third-order valence-electron chi connectivity index (χ3n) is 4.15. The highest BCUT2D eigenvalue weighted by Crippen LogP contribution is 2.27. The van der Waals surface area contributed by atoms with Crippen molar-refractivity contribution < 1.29 is 9.72 Å². The Kier molecular flexibility index (Phi) is 4.73. The molecule has 0 saturated carbocycles. The van der Waals surface area contributed by atoms with Crippen LogP contribution < -0.4 is 16.0 Å². The number of nitrogens with one attached hydrogen (secondary N) is 1. The van der Waals surface area contributed by atoms with Crippen LogP contribution in [0.5, 0.6) is 0 Å². The number of hydrogen-bond acceptors (Lipinski definition) is 7. The molecule has 0 aromatic carbocycles. The number of carbonyl (C=O) groups is 1. The van der Waals surface area contributed by atoms with Gasteiger partial charge in [-0.15, -0.1) is 0 Å². The van der Waals surface area contributed by atoms with E-state index in [0.717, 1.165) is 25.0 Å². The fourth-order valence-electron chi connectivity index (χ4n) is 2.89. The van der Waals surface area contributed by atoms with Gasteiger partial charge >= 0.3 is 0 Å². The Morgan fingerprint density at radius 2 is 2.28 bits per heavy atom. The monoisotopic (exact) mass is 342 g/mol. The number of amides is 1. The lowest BCUT2D eigenvalue weighted by atomic mass is 10.1. The molecule has 2 aromatic rings. The summed E-state index contributed by atoms with van der Waals surface area (Å²) in [5, 5.41) is 14.1. The van der Waals surface area contributed by atoms with Crippen LogP contribution in [0.3, 0.4) is 0 Å². The Morgan fingerprint density at radius 1 is 1.44 bits per heavy atom. The second-order valence-corrected chi connectivity index (χ2v) is 5.88. The van der Waals surface area contributed by atoms with Gasteiger partial charge in [0.05, 0.1) is 10.5 Å². The highest BCUT2D eigenvalue weighted by atomic mass is 16.6. The van der Waals surface area contributed by atoms with Gasteiger partial charge in [0.2, 0.25) is 0 Å². The molecule has 1 aliphatic heterocycles. The van der Waals surface area contributed by atoms with E-state index in [0.29, 0.717) is 24.8 Å². The van der Waals surface area contributed by atoms with Gasteiger partial charge in [0.1, 0.15) is 17.8 Å². The Morgan fingerprint density at radius 3 is 2.96 bits per heavy atom. The predicted molar refractivity (Wildman–Crippen MR) is 92.5 cm³/mol. The van der Waals surface area contributed by atoms with Crippen molar-refractivity contribution in [2.24, 2.45) is 11.7 Å². The number of aromatic nitrogens is 2. The fourth-order valence-corrected chi connectivity index (χ4v) is 2.89. The molecule has 0 bridgehead atoms. The van der Waals surface area contributed by atoms with E-state index in [1.54, 1.807) is 6.20 Å². The molecule has 9 nitrogen and oxygen atoms in total. The van der Waals surface area contributed by atoms with E-state index < -0.39 is 10.8 Å². The van der Waals surface area contributed by atoms with Crippen LogP contribution in [0.2, 0.25) is 0 Å². The first kappa shape index (κ1) is 16.6. The third kappa shape index (κ3) is 3.82. The molecule has 2 aromatic heterocycles. The molecule has 1 fully saturated rings. The molecule has 1 atom stereocenters. The summed E-state index contributed by atoms with van der Waals surface area (Å²) in [4.78, 5) is 32.2. The molecule has 3 rings (SSSR count). The number of nitro groups is 1. The van der Waals surface area contributed by atoms with Crippen LogP contribution in [0.15, 0.2) is 36.7 Å². The van der Waals surface area contributed by atoms with Gasteiger partial charge in [-0.3, -0.25) is 14.9 Å². The largest absolute Gasteiger partial charge is 0.370 e. The highest BCUT2D eigenvalue weighted by Gasteiger charge is 2.27. The van der Waals surface area contributed by atoms with E-state index in [9.17, 15) is 14.9 Å². The third-order valence-corrected chi connectivity index (χ3v) is 4.15.